The van der Waals surface area contributed by atoms with E-state index in [0.717, 1.165) is 17.9 Å². The maximum absolute atomic E-state index is 9.77. The lowest BCUT2D eigenvalue weighted by atomic mass is 9.64. The van der Waals surface area contributed by atoms with E-state index in [1.54, 1.807) is 6.07 Å². The van der Waals surface area contributed by atoms with Crippen LogP contribution >= 0.6 is 11.6 Å². The predicted octanol–water partition coefficient (Wildman–Crippen LogP) is 2.68. The fourth-order valence-corrected chi connectivity index (χ4v) is 2.72. The van der Waals surface area contributed by atoms with Gasteiger partial charge in [0, 0.05) is 23.6 Å². The highest BCUT2D eigenvalue weighted by Gasteiger charge is 2.47. The first-order valence-electron chi connectivity index (χ1n) is 6.52. The van der Waals surface area contributed by atoms with Crippen molar-refractivity contribution >= 4 is 17.3 Å². The average Bonchev–Trinajstić information content (AvgIpc) is 2.39. The smallest absolute Gasteiger partial charge is 0.163 e. The summed E-state index contributed by atoms with van der Waals surface area (Å²) in [6.07, 6.45) is 0.471. The third-order valence-electron chi connectivity index (χ3n) is 4.18. The van der Waals surface area contributed by atoms with Crippen LogP contribution in [0.3, 0.4) is 0 Å². The minimum Gasteiger partial charge on any atom is -0.486 e. The second kappa shape index (κ2) is 4.46. The van der Waals surface area contributed by atoms with Crippen molar-refractivity contribution in [2.75, 3.05) is 18.5 Å². The van der Waals surface area contributed by atoms with Crippen molar-refractivity contribution in [2.45, 2.75) is 32.4 Å². The summed E-state index contributed by atoms with van der Waals surface area (Å²) in [6.45, 7) is 5.20. The Morgan fingerprint density at radius 1 is 1.26 bits per heavy atom. The number of ether oxygens (including phenoxy) is 2. The summed E-state index contributed by atoms with van der Waals surface area (Å²) in [5.74, 6) is 1.41. The number of aliphatic hydroxyl groups is 1. The van der Waals surface area contributed by atoms with Crippen molar-refractivity contribution in [3.8, 4) is 11.5 Å². The van der Waals surface area contributed by atoms with Crippen molar-refractivity contribution in [3.63, 3.8) is 0 Å². The molecule has 1 fully saturated rings. The topological polar surface area (TPSA) is 50.7 Å². The zero-order valence-corrected chi connectivity index (χ0v) is 11.8. The molecule has 1 saturated carbocycles. The Bertz CT molecular complexity index is 504. The first-order chi connectivity index (χ1) is 8.98. The second-order valence-corrected chi connectivity index (χ2v) is 6.15. The molecule has 2 aliphatic rings. The Labute approximate surface area is 117 Å². The predicted molar refractivity (Wildman–Crippen MR) is 74.3 cm³/mol. The third-order valence-corrected chi connectivity index (χ3v) is 4.49. The molecule has 19 heavy (non-hydrogen) atoms. The summed E-state index contributed by atoms with van der Waals surface area (Å²) in [4.78, 5) is 0. The Morgan fingerprint density at radius 2 is 1.89 bits per heavy atom. The van der Waals surface area contributed by atoms with E-state index in [-0.39, 0.29) is 17.6 Å². The van der Waals surface area contributed by atoms with Gasteiger partial charge in [-0.1, -0.05) is 25.4 Å². The fourth-order valence-electron chi connectivity index (χ4n) is 2.51. The van der Waals surface area contributed by atoms with Crippen molar-refractivity contribution in [2.24, 2.45) is 5.41 Å². The van der Waals surface area contributed by atoms with Crippen LogP contribution in [0.15, 0.2) is 12.1 Å². The lowest BCUT2D eigenvalue weighted by Gasteiger charge is -2.50. The van der Waals surface area contributed by atoms with E-state index in [1.165, 1.54) is 0 Å². The van der Waals surface area contributed by atoms with Gasteiger partial charge in [0.1, 0.15) is 13.2 Å². The van der Waals surface area contributed by atoms with Gasteiger partial charge in [0.05, 0.1) is 16.8 Å². The molecule has 2 unspecified atom stereocenters. The van der Waals surface area contributed by atoms with E-state index in [1.807, 2.05) is 19.9 Å². The number of nitrogens with one attached hydrogen (secondary N) is 1. The van der Waals surface area contributed by atoms with Crippen LogP contribution in [0.1, 0.15) is 20.3 Å². The zero-order chi connectivity index (χ0) is 13.6. The number of fused-ring (bicyclic) bond motifs is 1. The summed E-state index contributed by atoms with van der Waals surface area (Å²) in [6, 6.07) is 3.86. The van der Waals surface area contributed by atoms with Gasteiger partial charge in [-0.15, -0.1) is 0 Å². The first-order valence-corrected chi connectivity index (χ1v) is 6.90. The molecule has 1 aromatic carbocycles. The number of rotatable bonds is 2. The Morgan fingerprint density at radius 3 is 2.47 bits per heavy atom. The van der Waals surface area contributed by atoms with Crippen molar-refractivity contribution in [1.82, 2.24) is 0 Å². The van der Waals surface area contributed by atoms with Crippen molar-refractivity contribution in [1.29, 1.82) is 0 Å². The lowest BCUT2D eigenvalue weighted by molar-refractivity contribution is -0.0510. The van der Waals surface area contributed by atoms with Gasteiger partial charge in [0.15, 0.2) is 11.5 Å². The minimum atomic E-state index is -0.263. The molecule has 4 nitrogen and oxygen atoms in total. The van der Waals surface area contributed by atoms with Crippen LogP contribution in [0.5, 0.6) is 11.5 Å². The molecule has 1 heterocycles. The quantitative estimate of drug-likeness (QED) is 0.876. The summed E-state index contributed by atoms with van der Waals surface area (Å²) in [5, 5.41) is 13.8. The zero-order valence-electron chi connectivity index (χ0n) is 11.1. The normalized spacial score (nSPS) is 27.6. The van der Waals surface area contributed by atoms with Gasteiger partial charge in [-0.25, -0.2) is 0 Å². The van der Waals surface area contributed by atoms with E-state index >= 15 is 0 Å². The number of hydrogen-bond acceptors (Lipinski definition) is 4. The molecule has 3 rings (SSSR count). The Hall–Kier alpha value is -1.13. The van der Waals surface area contributed by atoms with Crippen LogP contribution in [0.4, 0.5) is 5.69 Å². The summed E-state index contributed by atoms with van der Waals surface area (Å²) in [7, 11) is 0. The largest absolute Gasteiger partial charge is 0.486 e. The van der Waals surface area contributed by atoms with E-state index in [2.05, 4.69) is 5.32 Å². The van der Waals surface area contributed by atoms with Crippen LogP contribution < -0.4 is 14.8 Å². The molecule has 0 amide bonds. The van der Waals surface area contributed by atoms with Gasteiger partial charge in [-0.2, -0.15) is 0 Å². The lowest BCUT2D eigenvalue weighted by Crippen LogP contribution is -2.56. The highest BCUT2D eigenvalue weighted by atomic mass is 35.5. The SMILES string of the molecule is CC1(C)C(O)CC1Nc1cc2c(cc1Cl)OCCO2. The van der Waals surface area contributed by atoms with Crippen LogP contribution in [0.25, 0.3) is 0 Å². The molecular formula is C14H18ClNO3. The molecule has 104 valence electrons. The molecule has 0 aromatic heterocycles. The number of halogens is 1. The molecule has 2 N–H and O–H groups in total. The maximum atomic E-state index is 9.77. The fraction of sp³-hybridized carbons (Fsp3) is 0.571. The van der Waals surface area contributed by atoms with E-state index in [9.17, 15) is 5.11 Å². The van der Waals surface area contributed by atoms with Crippen LogP contribution in [0, 0.1) is 5.41 Å². The number of benzene rings is 1. The van der Waals surface area contributed by atoms with Gasteiger partial charge in [0.2, 0.25) is 0 Å². The average molecular weight is 284 g/mol. The van der Waals surface area contributed by atoms with E-state index in [0.29, 0.717) is 24.0 Å². The summed E-state index contributed by atoms with van der Waals surface area (Å²) < 4.78 is 11.0. The van der Waals surface area contributed by atoms with Gasteiger partial charge in [-0.3, -0.25) is 0 Å². The molecule has 1 aliphatic carbocycles. The Kier molecular flexibility index (Phi) is 3.02. The second-order valence-electron chi connectivity index (χ2n) is 5.75. The molecule has 5 heteroatoms. The van der Waals surface area contributed by atoms with Gasteiger partial charge in [-0.05, 0) is 6.42 Å². The third kappa shape index (κ3) is 2.13. The van der Waals surface area contributed by atoms with Crippen LogP contribution in [-0.4, -0.2) is 30.5 Å². The highest BCUT2D eigenvalue weighted by Crippen LogP contribution is 2.45. The minimum absolute atomic E-state index is 0.142. The molecule has 1 aromatic rings. The molecule has 0 radical (unpaired) electrons. The van der Waals surface area contributed by atoms with Crippen molar-refractivity contribution in [3.05, 3.63) is 17.2 Å². The highest BCUT2D eigenvalue weighted by molar-refractivity contribution is 6.33. The van der Waals surface area contributed by atoms with E-state index in [4.69, 9.17) is 21.1 Å². The molecule has 0 spiro atoms. The first kappa shape index (κ1) is 12.9. The molecule has 0 bridgehead atoms. The molecule has 0 saturated heterocycles. The number of anilines is 1. The van der Waals surface area contributed by atoms with Crippen LogP contribution in [-0.2, 0) is 0 Å². The van der Waals surface area contributed by atoms with Crippen molar-refractivity contribution < 1.29 is 14.6 Å². The van der Waals surface area contributed by atoms with Crippen LogP contribution in [0.2, 0.25) is 5.02 Å². The molecular weight excluding hydrogens is 266 g/mol. The molecule has 2 atom stereocenters. The number of aliphatic hydroxyl groups excluding tert-OH is 1. The maximum Gasteiger partial charge on any atom is 0.163 e. The van der Waals surface area contributed by atoms with Gasteiger partial charge >= 0.3 is 0 Å². The standard InChI is InChI=1S/C14H18ClNO3/c1-14(2)12(7-13(14)17)16-9-6-11-10(5-8(9)15)18-3-4-19-11/h5-6,12-13,16-17H,3-4,7H2,1-2H3. The van der Waals surface area contributed by atoms with Gasteiger partial charge in [0.25, 0.3) is 0 Å². The van der Waals surface area contributed by atoms with E-state index < -0.39 is 0 Å². The monoisotopic (exact) mass is 283 g/mol. The Balaban J connectivity index is 1.82. The summed E-state index contributed by atoms with van der Waals surface area (Å²) in [5.41, 5.74) is 0.687. The summed E-state index contributed by atoms with van der Waals surface area (Å²) >= 11 is 6.26. The molecule has 1 aliphatic heterocycles. The van der Waals surface area contributed by atoms with Gasteiger partial charge < -0.3 is 19.9 Å². The number of hydrogen-bond donors (Lipinski definition) is 2.